The van der Waals surface area contributed by atoms with Crippen molar-refractivity contribution in [3.8, 4) is 5.88 Å². The monoisotopic (exact) mass is 292 g/mol. The lowest BCUT2D eigenvalue weighted by Crippen LogP contribution is -2.19. The molecule has 114 valence electrons. The van der Waals surface area contributed by atoms with Gasteiger partial charge in [-0.2, -0.15) is 18.2 Å². The number of nitrogens with two attached hydrogens (primary N) is 1. The van der Waals surface area contributed by atoms with E-state index in [-0.39, 0.29) is 24.3 Å². The van der Waals surface area contributed by atoms with Crippen molar-refractivity contribution in [2.45, 2.75) is 45.2 Å². The molecule has 8 heteroatoms. The molecule has 0 radical (unpaired) electrons. The number of nitrogen functional groups attached to an aromatic ring is 1. The third-order valence-electron chi connectivity index (χ3n) is 2.38. The molecule has 1 rings (SSSR count). The fraction of sp³-hybridized carbons (Fsp3) is 0.667. The number of halogens is 3. The van der Waals surface area contributed by atoms with E-state index in [0.717, 1.165) is 0 Å². The van der Waals surface area contributed by atoms with Crippen LogP contribution in [0, 0.1) is 0 Å². The van der Waals surface area contributed by atoms with Crippen molar-refractivity contribution in [3.05, 3.63) is 11.9 Å². The Morgan fingerprint density at radius 1 is 1.25 bits per heavy atom. The van der Waals surface area contributed by atoms with Gasteiger partial charge >= 0.3 is 6.18 Å². The first kappa shape index (κ1) is 16.5. The van der Waals surface area contributed by atoms with Crippen molar-refractivity contribution in [1.29, 1.82) is 0 Å². The van der Waals surface area contributed by atoms with E-state index in [4.69, 9.17) is 10.6 Å². The van der Waals surface area contributed by atoms with Crippen LogP contribution in [0.3, 0.4) is 0 Å². The van der Waals surface area contributed by atoms with Crippen LogP contribution in [-0.2, 0) is 5.41 Å². The summed E-state index contributed by atoms with van der Waals surface area (Å²) < 4.78 is 41.3. The molecule has 0 aliphatic rings. The summed E-state index contributed by atoms with van der Waals surface area (Å²) in [6, 6.07) is 1.45. The number of anilines is 1. The molecule has 3 N–H and O–H groups in total. The molecule has 20 heavy (non-hydrogen) atoms. The Labute approximate surface area is 115 Å². The highest BCUT2D eigenvalue weighted by molar-refractivity contribution is 5.37. The molecule has 0 unspecified atom stereocenters. The summed E-state index contributed by atoms with van der Waals surface area (Å²) in [6.07, 6.45) is -5.18. The number of hydrogen-bond donors (Lipinski definition) is 2. The third-order valence-corrected chi connectivity index (χ3v) is 2.38. The topological polar surface area (TPSA) is 73.1 Å². The molecule has 1 aromatic heterocycles. The van der Waals surface area contributed by atoms with Gasteiger partial charge in [-0.05, 0) is 6.42 Å². The molecule has 0 spiro atoms. The second-order valence-corrected chi connectivity index (χ2v) is 5.38. The summed E-state index contributed by atoms with van der Waals surface area (Å²) in [6.45, 7) is 5.67. The maximum atomic E-state index is 12.0. The molecule has 0 aromatic carbocycles. The van der Waals surface area contributed by atoms with Gasteiger partial charge in [0.05, 0.1) is 6.61 Å². The molecule has 0 atom stereocenters. The molecule has 0 bridgehead atoms. The minimum Gasteiger partial charge on any atom is -0.478 e. The quantitative estimate of drug-likeness (QED) is 0.496. The summed E-state index contributed by atoms with van der Waals surface area (Å²) in [4.78, 5) is 8.36. The highest BCUT2D eigenvalue weighted by atomic mass is 19.4. The van der Waals surface area contributed by atoms with Gasteiger partial charge in [0.1, 0.15) is 11.6 Å². The number of rotatable bonds is 5. The average Bonchev–Trinajstić information content (AvgIpc) is 2.32. The normalized spacial score (nSPS) is 12.3. The van der Waals surface area contributed by atoms with Crippen LogP contribution in [0.5, 0.6) is 5.88 Å². The second-order valence-electron chi connectivity index (χ2n) is 5.38. The average molecular weight is 292 g/mol. The van der Waals surface area contributed by atoms with Gasteiger partial charge in [0.15, 0.2) is 0 Å². The van der Waals surface area contributed by atoms with E-state index in [2.05, 4.69) is 15.4 Å². The summed E-state index contributed by atoms with van der Waals surface area (Å²) in [5.41, 5.74) is 2.06. The van der Waals surface area contributed by atoms with Gasteiger partial charge in [0.2, 0.25) is 5.88 Å². The lowest BCUT2D eigenvalue weighted by atomic mass is 9.96. The largest absolute Gasteiger partial charge is 0.478 e. The Hall–Kier alpha value is -1.57. The molecule has 0 aliphatic carbocycles. The van der Waals surface area contributed by atoms with Gasteiger partial charge in [-0.15, -0.1) is 0 Å². The van der Waals surface area contributed by atoms with Crippen LogP contribution in [-0.4, -0.2) is 22.8 Å². The van der Waals surface area contributed by atoms with Gasteiger partial charge in [-0.25, -0.2) is 10.8 Å². The van der Waals surface area contributed by atoms with Crippen molar-refractivity contribution in [2.75, 3.05) is 12.0 Å². The fourth-order valence-electron chi connectivity index (χ4n) is 1.36. The molecular formula is C12H19F3N4O. The lowest BCUT2D eigenvalue weighted by Gasteiger charge is -2.18. The van der Waals surface area contributed by atoms with E-state index in [1.807, 2.05) is 20.8 Å². The van der Waals surface area contributed by atoms with Crippen molar-refractivity contribution >= 4 is 5.82 Å². The molecule has 1 heterocycles. The predicted molar refractivity (Wildman–Crippen MR) is 69.3 cm³/mol. The van der Waals surface area contributed by atoms with Crippen molar-refractivity contribution < 1.29 is 17.9 Å². The molecular weight excluding hydrogens is 273 g/mol. The zero-order valence-electron chi connectivity index (χ0n) is 11.7. The summed E-state index contributed by atoms with van der Waals surface area (Å²) in [7, 11) is 0. The molecule has 0 saturated carbocycles. The van der Waals surface area contributed by atoms with E-state index >= 15 is 0 Å². The first-order chi connectivity index (χ1) is 9.12. The van der Waals surface area contributed by atoms with E-state index in [9.17, 15) is 13.2 Å². The number of nitrogens with one attached hydrogen (secondary N) is 1. The Kier molecular flexibility index (Phi) is 5.15. The standard InChI is InChI=1S/C12H19F3N4O/c1-11(2,3)10-17-8(19-16)7-9(18-10)20-6-4-5-12(13,14)15/h7H,4-6,16H2,1-3H3,(H,17,18,19). The molecule has 0 saturated heterocycles. The molecule has 1 aromatic rings. The first-order valence-corrected chi connectivity index (χ1v) is 6.17. The SMILES string of the molecule is CC(C)(C)c1nc(NN)cc(OCCCC(F)(F)F)n1. The number of alkyl halides is 3. The van der Waals surface area contributed by atoms with Crippen LogP contribution < -0.4 is 16.0 Å². The highest BCUT2D eigenvalue weighted by Gasteiger charge is 2.26. The smallest absolute Gasteiger partial charge is 0.389 e. The summed E-state index contributed by atoms with van der Waals surface area (Å²) in [5.74, 6) is 6.36. The fourth-order valence-corrected chi connectivity index (χ4v) is 1.36. The Morgan fingerprint density at radius 2 is 1.90 bits per heavy atom. The van der Waals surface area contributed by atoms with Crippen LogP contribution >= 0.6 is 0 Å². The first-order valence-electron chi connectivity index (χ1n) is 6.17. The lowest BCUT2D eigenvalue weighted by molar-refractivity contribution is -0.136. The summed E-state index contributed by atoms with van der Waals surface area (Å²) >= 11 is 0. The Balaban J connectivity index is 2.70. The van der Waals surface area contributed by atoms with Crippen LogP contribution in [0.15, 0.2) is 6.07 Å². The predicted octanol–water partition coefficient (Wildman–Crippen LogP) is 2.78. The number of ether oxygens (including phenoxy) is 1. The van der Waals surface area contributed by atoms with Crippen LogP contribution in [0.25, 0.3) is 0 Å². The zero-order chi connectivity index (χ0) is 15.4. The maximum Gasteiger partial charge on any atom is 0.389 e. The number of aromatic nitrogens is 2. The Bertz CT molecular complexity index is 443. The summed E-state index contributed by atoms with van der Waals surface area (Å²) in [5, 5.41) is 0. The molecule has 0 aliphatic heterocycles. The minimum atomic E-state index is -4.17. The number of hydrogen-bond acceptors (Lipinski definition) is 5. The van der Waals surface area contributed by atoms with Gasteiger partial charge in [-0.1, -0.05) is 20.8 Å². The van der Waals surface area contributed by atoms with Gasteiger partial charge in [0, 0.05) is 17.9 Å². The van der Waals surface area contributed by atoms with Gasteiger partial charge in [-0.3, -0.25) is 0 Å². The van der Waals surface area contributed by atoms with Crippen LogP contribution in [0.2, 0.25) is 0 Å². The van der Waals surface area contributed by atoms with Crippen LogP contribution in [0.4, 0.5) is 19.0 Å². The van der Waals surface area contributed by atoms with Crippen molar-refractivity contribution in [3.63, 3.8) is 0 Å². The highest BCUT2D eigenvalue weighted by Crippen LogP contribution is 2.24. The van der Waals surface area contributed by atoms with Crippen LogP contribution in [0.1, 0.15) is 39.4 Å². The third kappa shape index (κ3) is 5.60. The number of hydrazine groups is 1. The van der Waals surface area contributed by atoms with Crippen molar-refractivity contribution in [2.24, 2.45) is 5.84 Å². The van der Waals surface area contributed by atoms with Gasteiger partial charge < -0.3 is 10.2 Å². The second kappa shape index (κ2) is 6.25. The molecule has 0 amide bonds. The van der Waals surface area contributed by atoms with Crippen molar-refractivity contribution in [1.82, 2.24) is 9.97 Å². The number of nitrogens with zero attached hydrogens (tertiary/aromatic N) is 2. The zero-order valence-corrected chi connectivity index (χ0v) is 11.7. The minimum absolute atomic E-state index is 0.0654. The molecule has 0 fully saturated rings. The van der Waals surface area contributed by atoms with E-state index in [1.54, 1.807) is 0 Å². The van der Waals surface area contributed by atoms with E-state index in [1.165, 1.54) is 6.07 Å². The Morgan fingerprint density at radius 3 is 2.40 bits per heavy atom. The maximum absolute atomic E-state index is 12.0. The van der Waals surface area contributed by atoms with E-state index < -0.39 is 12.6 Å². The molecule has 5 nitrogen and oxygen atoms in total. The van der Waals surface area contributed by atoms with Gasteiger partial charge in [0.25, 0.3) is 0 Å². The van der Waals surface area contributed by atoms with E-state index in [0.29, 0.717) is 11.6 Å².